The van der Waals surface area contributed by atoms with Gasteiger partial charge < -0.3 is 5.32 Å². The molecule has 1 N–H and O–H groups in total. The molecule has 80 valence electrons. The molecule has 1 rings (SSSR count). The lowest BCUT2D eigenvalue weighted by Gasteiger charge is -2.31. The minimum Gasteiger partial charge on any atom is -0.311 e. The van der Waals surface area contributed by atoms with E-state index in [9.17, 15) is 0 Å². The average Bonchev–Trinajstić information content (AvgIpc) is 2.50. The summed E-state index contributed by atoms with van der Waals surface area (Å²) in [5.41, 5.74) is -0.00789. The van der Waals surface area contributed by atoms with Gasteiger partial charge in [-0.25, -0.2) is 0 Å². The molecule has 14 heavy (non-hydrogen) atoms. The van der Waals surface area contributed by atoms with Crippen molar-refractivity contribution in [3.8, 4) is 0 Å². The third-order valence-corrected chi connectivity index (χ3v) is 4.57. The minimum atomic E-state index is -0.00789. The summed E-state index contributed by atoms with van der Waals surface area (Å²) in [5.74, 6) is 0. The van der Waals surface area contributed by atoms with E-state index in [-0.39, 0.29) is 10.8 Å². The Kier molecular flexibility index (Phi) is 4.31. The van der Waals surface area contributed by atoms with Crippen LogP contribution in [0.25, 0.3) is 0 Å². The van der Waals surface area contributed by atoms with Crippen LogP contribution in [0.1, 0.15) is 30.9 Å². The SMILES string of the molecule is CCNC(C)(C)[C@H](S)c1ccc(Cl)s1. The molecule has 0 spiro atoms. The van der Waals surface area contributed by atoms with E-state index in [0.717, 1.165) is 10.9 Å². The van der Waals surface area contributed by atoms with Crippen molar-refractivity contribution in [3.05, 3.63) is 21.3 Å². The molecule has 0 radical (unpaired) electrons. The van der Waals surface area contributed by atoms with E-state index in [1.54, 1.807) is 11.3 Å². The van der Waals surface area contributed by atoms with Gasteiger partial charge in [-0.1, -0.05) is 18.5 Å². The smallest absolute Gasteiger partial charge is 0.0931 e. The van der Waals surface area contributed by atoms with Gasteiger partial charge in [0.05, 0.1) is 9.59 Å². The fourth-order valence-electron chi connectivity index (χ4n) is 1.38. The summed E-state index contributed by atoms with van der Waals surface area (Å²) >= 11 is 12.1. The van der Waals surface area contributed by atoms with E-state index in [0.29, 0.717) is 0 Å². The first-order chi connectivity index (χ1) is 6.47. The predicted octanol–water partition coefficient (Wildman–Crippen LogP) is 3.76. The highest BCUT2D eigenvalue weighted by molar-refractivity contribution is 7.80. The fourth-order valence-corrected chi connectivity index (χ4v) is 2.95. The Morgan fingerprint density at radius 1 is 1.57 bits per heavy atom. The molecule has 0 saturated carbocycles. The number of nitrogens with one attached hydrogen (secondary N) is 1. The van der Waals surface area contributed by atoms with E-state index in [2.05, 4.69) is 38.7 Å². The molecule has 0 unspecified atom stereocenters. The van der Waals surface area contributed by atoms with Crippen LogP contribution in [0.15, 0.2) is 12.1 Å². The van der Waals surface area contributed by atoms with Crippen LogP contribution >= 0.6 is 35.6 Å². The van der Waals surface area contributed by atoms with Gasteiger partial charge in [0.2, 0.25) is 0 Å². The zero-order valence-corrected chi connectivity index (χ0v) is 11.1. The molecular weight excluding hydrogens is 234 g/mol. The highest BCUT2D eigenvalue weighted by atomic mass is 35.5. The van der Waals surface area contributed by atoms with Crippen LogP contribution in [-0.4, -0.2) is 12.1 Å². The standard InChI is InChI=1S/C10H16ClNS2/c1-4-12-10(2,3)9(13)7-5-6-8(11)14-7/h5-6,9,12-13H,4H2,1-3H3/t9-/m1/s1. The second kappa shape index (κ2) is 4.88. The zero-order chi connectivity index (χ0) is 10.8. The van der Waals surface area contributed by atoms with Gasteiger partial charge in [-0.2, -0.15) is 12.6 Å². The summed E-state index contributed by atoms with van der Waals surface area (Å²) in [6, 6.07) is 3.97. The summed E-state index contributed by atoms with van der Waals surface area (Å²) in [4.78, 5) is 1.21. The number of thiophene rings is 1. The molecule has 1 aromatic heterocycles. The van der Waals surface area contributed by atoms with Gasteiger partial charge in [0.15, 0.2) is 0 Å². The summed E-state index contributed by atoms with van der Waals surface area (Å²) in [6.45, 7) is 7.36. The number of hydrogen-bond donors (Lipinski definition) is 2. The molecular formula is C10H16ClNS2. The first kappa shape index (κ1) is 12.4. The lowest BCUT2D eigenvalue weighted by molar-refractivity contribution is 0.394. The number of likely N-dealkylation sites (N-methyl/N-ethyl adjacent to an activating group) is 1. The van der Waals surface area contributed by atoms with Gasteiger partial charge in [0.25, 0.3) is 0 Å². The van der Waals surface area contributed by atoms with Gasteiger partial charge in [0, 0.05) is 10.4 Å². The van der Waals surface area contributed by atoms with Crippen LogP contribution in [0.2, 0.25) is 4.34 Å². The van der Waals surface area contributed by atoms with Crippen molar-refractivity contribution in [1.29, 1.82) is 0 Å². The molecule has 1 nitrogen and oxygen atoms in total. The molecule has 0 aliphatic heterocycles. The van der Waals surface area contributed by atoms with Gasteiger partial charge in [-0.3, -0.25) is 0 Å². The Bertz CT molecular complexity index is 296. The van der Waals surface area contributed by atoms with Crippen LogP contribution in [-0.2, 0) is 0 Å². The summed E-state index contributed by atoms with van der Waals surface area (Å²) in [7, 11) is 0. The molecule has 1 atom stereocenters. The van der Waals surface area contributed by atoms with Crippen LogP contribution in [0.5, 0.6) is 0 Å². The Morgan fingerprint density at radius 3 is 2.64 bits per heavy atom. The maximum Gasteiger partial charge on any atom is 0.0931 e. The van der Waals surface area contributed by atoms with E-state index < -0.39 is 0 Å². The van der Waals surface area contributed by atoms with Crippen LogP contribution in [0, 0.1) is 0 Å². The molecule has 1 aromatic rings. The van der Waals surface area contributed by atoms with Crippen molar-refractivity contribution >= 4 is 35.6 Å². The van der Waals surface area contributed by atoms with Gasteiger partial charge in [-0.05, 0) is 32.5 Å². The van der Waals surface area contributed by atoms with Gasteiger partial charge >= 0.3 is 0 Å². The highest BCUT2D eigenvalue weighted by Crippen LogP contribution is 2.37. The summed E-state index contributed by atoms with van der Waals surface area (Å²) in [5, 5.41) is 3.60. The maximum atomic E-state index is 5.90. The molecule has 0 bridgehead atoms. The predicted molar refractivity (Wildman–Crippen MR) is 68.8 cm³/mol. The van der Waals surface area contributed by atoms with Crippen molar-refractivity contribution in [2.45, 2.75) is 31.6 Å². The number of thiol groups is 1. The van der Waals surface area contributed by atoms with Crippen LogP contribution in [0.3, 0.4) is 0 Å². The second-order valence-electron chi connectivity index (χ2n) is 3.80. The zero-order valence-electron chi connectivity index (χ0n) is 8.67. The van der Waals surface area contributed by atoms with Crippen molar-refractivity contribution in [2.75, 3.05) is 6.54 Å². The Balaban J connectivity index is 2.78. The van der Waals surface area contributed by atoms with Crippen LogP contribution < -0.4 is 5.32 Å². The number of hydrogen-bond acceptors (Lipinski definition) is 3. The largest absolute Gasteiger partial charge is 0.311 e. The summed E-state index contributed by atoms with van der Waals surface area (Å²) < 4.78 is 0.825. The van der Waals surface area contributed by atoms with E-state index >= 15 is 0 Å². The number of rotatable bonds is 4. The molecule has 0 aliphatic rings. The lowest BCUT2D eigenvalue weighted by Crippen LogP contribution is -2.42. The highest BCUT2D eigenvalue weighted by Gasteiger charge is 2.27. The Hall–Kier alpha value is 0.300. The molecule has 0 saturated heterocycles. The quantitative estimate of drug-likeness (QED) is 0.775. The second-order valence-corrected chi connectivity index (χ2v) is 6.06. The first-order valence-electron chi connectivity index (χ1n) is 4.65. The number of halogens is 1. The molecule has 0 aliphatic carbocycles. The lowest BCUT2D eigenvalue weighted by atomic mass is 9.99. The molecule has 0 fully saturated rings. The van der Waals surface area contributed by atoms with E-state index in [4.69, 9.17) is 11.6 Å². The van der Waals surface area contributed by atoms with Gasteiger partial charge in [-0.15, -0.1) is 11.3 Å². The molecule has 1 heterocycles. The van der Waals surface area contributed by atoms with Crippen LogP contribution in [0.4, 0.5) is 0 Å². The third kappa shape index (κ3) is 2.89. The van der Waals surface area contributed by atoms with Crippen molar-refractivity contribution < 1.29 is 0 Å². The third-order valence-electron chi connectivity index (χ3n) is 2.18. The molecule has 0 aromatic carbocycles. The van der Waals surface area contributed by atoms with E-state index in [1.165, 1.54) is 4.88 Å². The Morgan fingerprint density at radius 2 is 2.21 bits per heavy atom. The minimum absolute atomic E-state index is 0.00789. The van der Waals surface area contributed by atoms with Crippen molar-refractivity contribution in [3.63, 3.8) is 0 Å². The summed E-state index contributed by atoms with van der Waals surface area (Å²) in [6.07, 6.45) is 0. The van der Waals surface area contributed by atoms with Gasteiger partial charge in [0.1, 0.15) is 0 Å². The normalized spacial score (nSPS) is 14.4. The first-order valence-corrected chi connectivity index (χ1v) is 6.36. The maximum absolute atomic E-state index is 5.90. The van der Waals surface area contributed by atoms with E-state index in [1.807, 2.05) is 12.1 Å². The topological polar surface area (TPSA) is 12.0 Å². The average molecular weight is 250 g/mol. The molecule has 0 amide bonds. The Labute approximate surface area is 100 Å². The molecule has 4 heteroatoms. The monoisotopic (exact) mass is 249 g/mol. The fraction of sp³-hybridized carbons (Fsp3) is 0.600. The van der Waals surface area contributed by atoms with Crippen molar-refractivity contribution in [1.82, 2.24) is 5.32 Å². The van der Waals surface area contributed by atoms with Crippen molar-refractivity contribution in [2.24, 2.45) is 0 Å².